The predicted molar refractivity (Wildman–Crippen MR) is 135 cm³/mol. The molecule has 0 bridgehead atoms. The summed E-state index contributed by atoms with van der Waals surface area (Å²) < 4.78 is 43.4. The standard InChI is InChI=1S/C26H30F2N2O5Si/c1-25(2,3)34-16-20-21(31)22(28)26(35-20,30-15-17(14-27)23(32)29-24(30)33)36(18-10-6-4-7-11-18)19-12-8-5-9-13-19/h4-13,15,20-22,31,36H,14,16H2,1-3H3,(H,29,32,33)/t20-,21-,22-,26+/m1/s1. The highest BCUT2D eigenvalue weighted by molar-refractivity contribution is 6.86. The lowest BCUT2D eigenvalue weighted by atomic mass is 10.1. The Morgan fingerprint density at radius 3 is 2.14 bits per heavy atom. The molecule has 4 atom stereocenters. The molecule has 0 radical (unpaired) electrons. The summed E-state index contributed by atoms with van der Waals surface area (Å²) in [5.74, 6) is 0. The third-order valence-corrected chi connectivity index (χ3v) is 9.98. The van der Waals surface area contributed by atoms with E-state index < -0.39 is 56.0 Å². The number of benzene rings is 2. The van der Waals surface area contributed by atoms with Crippen molar-refractivity contribution < 1.29 is 23.4 Å². The summed E-state index contributed by atoms with van der Waals surface area (Å²) in [5, 5.41) is 10.5. The number of nitrogens with one attached hydrogen (secondary N) is 1. The first kappa shape index (κ1) is 26.1. The van der Waals surface area contributed by atoms with Gasteiger partial charge in [0.05, 0.1) is 17.8 Å². The van der Waals surface area contributed by atoms with Crippen molar-refractivity contribution in [1.29, 1.82) is 0 Å². The molecule has 1 aliphatic heterocycles. The van der Waals surface area contributed by atoms with E-state index in [1.807, 2.05) is 57.2 Å². The molecule has 4 rings (SSSR count). The Morgan fingerprint density at radius 2 is 1.64 bits per heavy atom. The van der Waals surface area contributed by atoms with Crippen molar-refractivity contribution in [2.45, 2.75) is 56.8 Å². The third-order valence-electron chi connectivity index (χ3n) is 6.31. The van der Waals surface area contributed by atoms with E-state index in [0.29, 0.717) is 0 Å². The Kier molecular flexibility index (Phi) is 7.42. The SMILES string of the molecule is CC(C)(C)OC[C@H]1O[C@](n2cc(CF)c(=O)[nH]c2=O)([SiH](c2ccccc2)c2ccccc2)[C@H](F)[C@@H]1O. The summed E-state index contributed by atoms with van der Waals surface area (Å²) in [6.45, 7) is 4.16. The molecule has 192 valence electrons. The van der Waals surface area contributed by atoms with Crippen LogP contribution in [0.4, 0.5) is 8.78 Å². The molecule has 3 aromatic rings. The number of H-pyrrole nitrogens is 1. The molecule has 2 aromatic carbocycles. The molecule has 7 nitrogen and oxygen atoms in total. The molecule has 0 spiro atoms. The fourth-order valence-electron chi connectivity index (χ4n) is 4.66. The molecule has 0 unspecified atom stereocenters. The number of aromatic nitrogens is 2. The molecule has 1 fully saturated rings. The van der Waals surface area contributed by atoms with Crippen LogP contribution in [-0.2, 0) is 21.5 Å². The minimum atomic E-state index is -2.94. The van der Waals surface area contributed by atoms with Crippen molar-refractivity contribution in [3.8, 4) is 0 Å². The second kappa shape index (κ2) is 10.2. The van der Waals surface area contributed by atoms with Crippen LogP contribution in [0.1, 0.15) is 26.3 Å². The summed E-state index contributed by atoms with van der Waals surface area (Å²) >= 11 is 0. The molecule has 10 heteroatoms. The predicted octanol–water partition coefficient (Wildman–Crippen LogP) is 1.15. The van der Waals surface area contributed by atoms with Crippen LogP contribution in [0.5, 0.6) is 0 Å². The quantitative estimate of drug-likeness (QED) is 0.460. The smallest absolute Gasteiger partial charge is 0.330 e. The van der Waals surface area contributed by atoms with Gasteiger partial charge in [-0.15, -0.1) is 0 Å². The van der Waals surface area contributed by atoms with Gasteiger partial charge in [-0.3, -0.25) is 14.3 Å². The maximum Gasteiger partial charge on any atom is 0.330 e. The molecule has 1 aliphatic rings. The maximum absolute atomic E-state index is 16.6. The number of aromatic amines is 1. The third kappa shape index (κ3) is 4.86. The van der Waals surface area contributed by atoms with Gasteiger partial charge >= 0.3 is 5.69 Å². The molecule has 0 amide bonds. The Hall–Kier alpha value is -2.92. The minimum absolute atomic E-state index is 0.133. The van der Waals surface area contributed by atoms with Crippen LogP contribution in [0.25, 0.3) is 0 Å². The first-order valence-corrected chi connectivity index (χ1v) is 13.5. The monoisotopic (exact) mass is 516 g/mol. The Morgan fingerprint density at radius 1 is 1.08 bits per heavy atom. The van der Waals surface area contributed by atoms with Gasteiger partial charge in [0.2, 0.25) is 0 Å². The number of rotatable bonds is 7. The summed E-state index contributed by atoms with van der Waals surface area (Å²) in [7, 11) is -2.94. The average Bonchev–Trinajstić information content (AvgIpc) is 3.10. The Labute approximate surface area is 208 Å². The number of hydrogen-bond donors (Lipinski definition) is 2. The van der Waals surface area contributed by atoms with Crippen LogP contribution in [0.15, 0.2) is 76.4 Å². The topological polar surface area (TPSA) is 93.5 Å². The number of ether oxygens (including phenoxy) is 2. The summed E-state index contributed by atoms with van der Waals surface area (Å²) in [5.41, 5.74) is -2.78. The van der Waals surface area contributed by atoms with E-state index in [4.69, 9.17) is 9.47 Å². The van der Waals surface area contributed by atoms with Gasteiger partial charge in [0.1, 0.15) is 18.9 Å². The van der Waals surface area contributed by atoms with E-state index in [1.54, 1.807) is 24.3 Å². The molecular weight excluding hydrogens is 486 g/mol. The molecule has 1 aromatic heterocycles. The molecule has 2 heterocycles. The van der Waals surface area contributed by atoms with Crippen LogP contribution in [-0.4, -0.2) is 54.0 Å². The highest BCUT2D eigenvalue weighted by Crippen LogP contribution is 2.40. The fourth-order valence-corrected chi connectivity index (χ4v) is 8.51. The van der Waals surface area contributed by atoms with Crippen molar-refractivity contribution in [2.75, 3.05) is 6.61 Å². The zero-order chi connectivity index (χ0) is 26.1. The zero-order valence-corrected chi connectivity index (χ0v) is 21.5. The van der Waals surface area contributed by atoms with Gasteiger partial charge in [-0.1, -0.05) is 71.0 Å². The van der Waals surface area contributed by atoms with Gasteiger partial charge < -0.3 is 14.6 Å². The van der Waals surface area contributed by atoms with Crippen LogP contribution >= 0.6 is 0 Å². The molecule has 0 saturated carbocycles. The number of hydrogen-bond acceptors (Lipinski definition) is 5. The molecule has 1 saturated heterocycles. The highest BCUT2D eigenvalue weighted by Gasteiger charge is 2.62. The van der Waals surface area contributed by atoms with Gasteiger partial charge in [-0.05, 0) is 20.8 Å². The van der Waals surface area contributed by atoms with Crippen LogP contribution < -0.4 is 21.6 Å². The van der Waals surface area contributed by atoms with Gasteiger partial charge in [-0.2, -0.15) is 0 Å². The van der Waals surface area contributed by atoms with Gasteiger partial charge in [0, 0.05) is 6.20 Å². The van der Waals surface area contributed by atoms with Crippen molar-refractivity contribution in [1.82, 2.24) is 9.55 Å². The second-order valence-electron chi connectivity index (χ2n) is 9.90. The number of nitrogens with zero attached hydrogens (tertiary/aromatic N) is 1. The molecule has 0 aliphatic carbocycles. The van der Waals surface area contributed by atoms with Crippen molar-refractivity contribution in [2.24, 2.45) is 0 Å². The molecule has 2 N–H and O–H groups in total. The number of aliphatic hydroxyl groups is 1. The van der Waals surface area contributed by atoms with Crippen molar-refractivity contribution in [3.05, 3.63) is 93.3 Å². The zero-order valence-electron chi connectivity index (χ0n) is 20.4. The summed E-state index contributed by atoms with van der Waals surface area (Å²) in [4.78, 5) is 27.5. The van der Waals surface area contributed by atoms with E-state index in [0.717, 1.165) is 21.1 Å². The maximum atomic E-state index is 16.6. The summed E-state index contributed by atoms with van der Waals surface area (Å²) in [6.07, 6.45) is -3.82. The largest absolute Gasteiger partial charge is 0.387 e. The van der Waals surface area contributed by atoms with E-state index in [2.05, 4.69) is 4.98 Å². The highest BCUT2D eigenvalue weighted by atomic mass is 28.3. The first-order valence-electron chi connectivity index (χ1n) is 11.7. The van der Waals surface area contributed by atoms with Crippen LogP contribution in [0.3, 0.4) is 0 Å². The summed E-state index contributed by atoms with van der Waals surface area (Å²) in [6, 6.07) is 18.1. The van der Waals surface area contributed by atoms with Gasteiger partial charge in [0.15, 0.2) is 20.3 Å². The lowest BCUT2D eigenvalue weighted by molar-refractivity contribution is -0.117. The van der Waals surface area contributed by atoms with E-state index in [9.17, 15) is 19.1 Å². The molecular formula is C26H30F2N2O5Si. The fraction of sp³-hybridized carbons (Fsp3) is 0.385. The van der Waals surface area contributed by atoms with Gasteiger partial charge in [-0.25, -0.2) is 13.6 Å². The van der Waals surface area contributed by atoms with E-state index in [-0.39, 0.29) is 12.2 Å². The van der Waals surface area contributed by atoms with Crippen molar-refractivity contribution in [3.63, 3.8) is 0 Å². The Balaban J connectivity index is 2.00. The number of aliphatic hydroxyl groups excluding tert-OH is 1. The normalized spacial score (nSPS) is 24.4. The van der Waals surface area contributed by atoms with Crippen LogP contribution in [0.2, 0.25) is 0 Å². The lowest BCUT2D eigenvalue weighted by Gasteiger charge is -2.40. The number of alkyl halides is 2. The minimum Gasteiger partial charge on any atom is -0.387 e. The van der Waals surface area contributed by atoms with Gasteiger partial charge in [0.25, 0.3) is 5.56 Å². The second-order valence-corrected chi connectivity index (χ2v) is 12.9. The first-order chi connectivity index (χ1) is 17.1. The average molecular weight is 517 g/mol. The van der Waals surface area contributed by atoms with Crippen LogP contribution in [0, 0.1) is 0 Å². The van der Waals surface area contributed by atoms with Crippen molar-refractivity contribution >= 4 is 19.2 Å². The van der Waals surface area contributed by atoms with E-state index >= 15 is 4.39 Å². The van der Waals surface area contributed by atoms with E-state index in [1.165, 1.54) is 0 Å². The molecule has 36 heavy (non-hydrogen) atoms. The number of halogens is 2. The lowest BCUT2D eigenvalue weighted by Crippen LogP contribution is -2.68. The Bertz CT molecular complexity index is 1260.